The summed E-state index contributed by atoms with van der Waals surface area (Å²) in [6.45, 7) is 1.32. The van der Waals surface area contributed by atoms with Crippen LogP contribution in [0.25, 0.3) is 6.08 Å². The molecular formula is C19H19ClN2O3S. The first-order valence-corrected chi connectivity index (χ1v) is 10.1. The van der Waals surface area contributed by atoms with E-state index in [0.29, 0.717) is 23.7 Å². The van der Waals surface area contributed by atoms with Gasteiger partial charge in [0.05, 0.1) is 0 Å². The second-order valence-electron chi connectivity index (χ2n) is 5.96. The molecule has 0 N–H and O–H groups in total. The van der Waals surface area contributed by atoms with E-state index in [1.807, 2.05) is 18.2 Å². The Labute approximate surface area is 158 Å². The number of benzene rings is 2. The zero-order valence-electron chi connectivity index (χ0n) is 14.1. The zero-order valence-corrected chi connectivity index (χ0v) is 15.7. The molecule has 0 atom stereocenters. The summed E-state index contributed by atoms with van der Waals surface area (Å²) in [5.41, 5.74) is 1.38. The summed E-state index contributed by atoms with van der Waals surface area (Å²) in [6.07, 6.45) is 1.55. The molecule has 0 saturated carbocycles. The van der Waals surface area contributed by atoms with Crippen molar-refractivity contribution >= 4 is 33.6 Å². The van der Waals surface area contributed by atoms with Crippen LogP contribution in [-0.4, -0.2) is 49.7 Å². The number of rotatable bonds is 4. The largest absolute Gasteiger partial charge is 0.336 e. The lowest BCUT2D eigenvalue weighted by Crippen LogP contribution is -2.50. The molecule has 1 fully saturated rings. The van der Waals surface area contributed by atoms with Crippen molar-refractivity contribution in [2.75, 3.05) is 26.2 Å². The van der Waals surface area contributed by atoms with Crippen LogP contribution in [-0.2, 0) is 10.0 Å². The molecule has 1 saturated heterocycles. The van der Waals surface area contributed by atoms with Gasteiger partial charge >= 0.3 is 0 Å². The van der Waals surface area contributed by atoms with E-state index in [0.717, 1.165) is 5.56 Å². The smallest absolute Gasteiger partial charge is 0.253 e. The van der Waals surface area contributed by atoms with Crippen LogP contribution in [0, 0.1) is 0 Å². The van der Waals surface area contributed by atoms with Crippen molar-refractivity contribution in [1.29, 1.82) is 0 Å². The van der Waals surface area contributed by atoms with Gasteiger partial charge < -0.3 is 4.90 Å². The Morgan fingerprint density at radius 2 is 1.54 bits per heavy atom. The molecule has 0 radical (unpaired) electrons. The summed E-state index contributed by atoms with van der Waals surface area (Å²) in [6, 6.07) is 15.9. The zero-order chi connectivity index (χ0) is 18.6. The van der Waals surface area contributed by atoms with Crippen LogP contribution in [0.3, 0.4) is 0 Å². The third kappa shape index (κ3) is 4.52. The minimum atomic E-state index is -3.52. The molecule has 0 aromatic heterocycles. The third-order valence-corrected chi connectivity index (χ3v) is 6.03. The SMILES string of the molecule is O=C(c1ccccc1)N1CCN(S(=O)(=O)/C=C/c2ccc(Cl)cc2)CC1. The Balaban J connectivity index is 1.61. The van der Waals surface area contributed by atoms with Crippen LogP contribution in [0.4, 0.5) is 0 Å². The fraction of sp³-hybridized carbons (Fsp3) is 0.211. The van der Waals surface area contributed by atoms with Gasteiger partial charge in [-0.3, -0.25) is 4.79 Å². The minimum absolute atomic E-state index is 0.0700. The van der Waals surface area contributed by atoms with E-state index < -0.39 is 10.0 Å². The van der Waals surface area contributed by atoms with Crippen LogP contribution in [0.5, 0.6) is 0 Å². The minimum Gasteiger partial charge on any atom is -0.336 e. The molecule has 0 unspecified atom stereocenters. The van der Waals surface area contributed by atoms with Gasteiger partial charge in [0.1, 0.15) is 0 Å². The van der Waals surface area contributed by atoms with Crippen molar-refractivity contribution in [2.45, 2.75) is 0 Å². The van der Waals surface area contributed by atoms with Gasteiger partial charge in [0, 0.05) is 42.2 Å². The quantitative estimate of drug-likeness (QED) is 0.806. The summed E-state index contributed by atoms with van der Waals surface area (Å²) in [4.78, 5) is 14.1. The van der Waals surface area contributed by atoms with Crippen molar-refractivity contribution in [2.24, 2.45) is 0 Å². The monoisotopic (exact) mass is 390 g/mol. The summed E-state index contributed by atoms with van der Waals surface area (Å²) < 4.78 is 26.4. The summed E-state index contributed by atoms with van der Waals surface area (Å²) in [5, 5.41) is 1.80. The maximum Gasteiger partial charge on any atom is 0.253 e. The highest BCUT2D eigenvalue weighted by atomic mass is 35.5. The number of carbonyl (C=O) groups is 1. The van der Waals surface area contributed by atoms with Crippen LogP contribution >= 0.6 is 11.6 Å². The average Bonchev–Trinajstić information content (AvgIpc) is 2.68. The van der Waals surface area contributed by atoms with Gasteiger partial charge in [0.15, 0.2) is 0 Å². The van der Waals surface area contributed by atoms with Crippen molar-refractivity contribution in [3.63, 3.8) is 0 Å². The Bertz CT molecular complexity index is 888. The Kier molecular flexibility index (Phi) is 5.76. The standard InChI is InChI=1S/C19H19ClN2O3S/c20-18-8-6-16(7-9-18)10-15-26(24,25)22-13-11-21(12-14-22)19(23)17-4-2-1-3-5-17/h1-10,15H,11-14H2/b15-10+. The summed E-state index contributed by atoms with van der Waals surface area (Å²) in [5.74, 6) is -0.0700. The van der Waals surface area contributed by atoms with Gasteiger partial charge in [-0.05, 0) is 35.9 Å². The summed E-state index contributed by atoms with van der Waals surface area (Å²) in [7, 11) is -3.52. The first-order valence-electron chi connectivity index (χ1n) is 8.24. The van der Waals surface area contributed by atoms with E-state index in [2.05, 4.69) is 0 Å². The molecular weight excluding hydrogens is 372 g/mol. The normalized spacial score (nSPS) is 16.1. The maximum atomic E-state index is 12.5. The van der Waals surface area contributed by atoms with Crippen molar-refractivity contribution in [1.82, 2.24) is 9.21 Å². The van der Waals surface area contributed by atoms with Crippen molar-refractivity contribution < 1.29 is 13.2 Å². The fourth-order valence-electron chi connectivity index (χ4n) is 2.73. The highest BCUT2D eigenvalue weighted by Gasteiger charge is 2.27. The van der Waals surface area contributed by atoms with Gasteiger partial charge in [-0.15, -0.1) is 0 Å². The van der Waals surface area contributed by atoms with E-state index in [1.54, 1.807) is 47.4 Å². The van der Waals surface area contributed by atoms with Crippen LogP contribution < -0.4 is 0 Å². The molecule has 1 aliphatic rings. The number of halogens is 1. The fourth-order valence-corrected chi connectivity index (χ4v) is 4.03. The van der Waals surface area contributed by atoms with Gasteiger partial charge in [-0.1, -0.05) is 41.9 Å². The lowest BCUT2D eigenvalue weighted by atomic mass is 10.2. The number of nitrogens with zero attached hydrogens (tertiary/aromatic N) is 2. The number of piperazine rings is 1. The highest BCUT2D eigenvalue weighted by molar-refractivity contribution is 7.92. The van der Waals surface area contributed by atoms with Crippen molar-refractivity contribution in [3.05, 3.63) is 76.2 Å². The Morgan fingerprint density at radius 3 is 2.15 bits per heavy atom. The third-order valence-electron chi connectivity index (χ3n) is 4.21. The van der Waals surface area contributed by atoms with Gasteiger partial charge in [0.25, 0.3) is 5.91 Å². The van der Waals surface area contributed by atoms with Gasteiger partial charge in [-0.2, -0.15) is 4.31 Å². The van der Waals surface area contributed by atoms with Crippen LogP contribution in [0.2, 0.25) is 5.02 Å². The summed E-state index contributed by atoms with van der Waals surface area (Å²) >= 11 is 5.82. The molecule has 2 aromatic carbocycles. The number of hydrogen-bond donors (Lipinski definition) is 0. The Morgan fingerprint density at radius 1 is 0.923 bits per heavy atom. The first-order chi connectivity index (χ1) is 12.5. The molecule has 5 nitrogen and oxygen atoms in total. The van der Waals surface area contributed by atoms with E-state index in [4.69, 9.17) is 11.6 Å². The van der Waals surface area contributed by atoms with Crippen molar-refractivity contribution in [3.8, 4) is 0 Å². The molecule has 26 heavy (non-hydrogen) atoms. The average molecular weight is 391 g/mol. The highest BCUT2D eigenvalue weighted by Crippen LogP contribution is 2.15. The molecule has 2 aromatic rings. The van der Waals surface area contributed by atoms with E-state index >= 15 is 0 Å². The van der Waals surface area contributed by atoms with E-state index in [1.165, 1.54) is 9.71 Å². The molecule has 0 aliphatic carbocycles. The molecule has 3 rings (SSSR count). The molecule has 0 spiro atoms. The molecule has 1 amide bonds. The van der Waals surface area contributed by atoms with Crippen LogP contribution in [0.15, 0.2) is 60.0 Å². The van der Waals surface area contributed by atoms with Crippen LogP contribution in [0.1, 0.15) is 15.9 Å². The lowest BCUT2D eigenvalue weighted by Gasteiger charge is -2.33. The Hall–Kier alpha value is -2.15. The molecule has 136 valence electrons. The molecule has 1 aliphatic heterocycles. The lowest BCUT2D eigenvalue weighted by molar-refractivity contribution is 0.0698. The molecule has 1 heterocycles. The number of sulfonamides is 1. The number of hydrogen-bond acceptors (Lipinski definition) is 3. The van der Waals surface area contributed by atoms with Gasteiger partial charge in [0.2, 0.25) is 10.0 Å². The van der Waals surface area contributed by atoms with E-state index in [-0.39, 0.29) is 19.0 Å². The molecule has 7 heteroatoms. The second kappa shape index (κ2) is 8.03. The van der Waals surface area contributed by atoms with Gasteiger partial charge in [-0.25, -0.2) is 8.42 Å². The van der Waals surface area contributed by atoms with E-state index in [9.17, 15) is 13.2 Å². The number of amides is 1. The molecule has 0 bridgehead atoms. The predicted molar refractivity (Wildman–Crippen MR) is 103 cm³/mol. The first kappa shape index (κ1) is 18.6. The predicted octanol–water partition coefficient (Wildman–Crippen LogP) is 3.10. The second-order valence-corrected chi connectivity index (χ2v) is 8.21. The topological polar surface area (TPSA) is 57.7 Å². The maximum absolute atomic E-state index is 12.5. The number of carbonyl (C=O) groups excluding carboxylic acids is 1.